The van der Waals surface area contributed by atoms with Crippen LogP contribution >= 0.6 is 0 Å². The van der Waals surface area contributed by atoms with Crippen LogP contribution in [0.25, 0.3) is 0 Å². The Labute approximate surface area is 117 Å². The smallest absolute Gasteiger partial charge is 0.109 e. The molecule has 0 aromatic carbocycles. The Morgan fingerprint density at radius 3 is 2.89 bits per heavy atom. The molecule has 1 rings (SSSR count). The van der Waals surface area contributed by atoms with E-state index in [2.05, 4.69) is 18.3 Å². The van der Waals surface area contributed by atoms with Crippen LogP contribution in [0.2, 0.25) is 0 Å². The van der Waals surface area contributed by atoms with Gasteiger partial charge in [-0.3, -0.25) is 5.32 Å². The van der Waals surface area contributed by atoms with E-state index in [0.29, 0.717) is 19.1 Å². The Kier molecular flexibility index (Phi) is 7.37. The summed E-state index contributed by atoms with van der Waals surface area (Å²) in [6.07, 6.45) is 4.33. The van der Waals surface area contributed by atoms with Crippen LogP contribution in [-0.4, -0.2) is 38.0 Å². The lowest BCUT2D eigenvalue weighted by molar-refractivity contribution is -0.00940. The monoisotopic (exact) mass is 268 g/mol. The average molecular weight is 268 g/mol. The fourth-order valence-corrected chi connectivity index (χ4v) is 2.95. The van der Waals surface area contributed by atoms with E-state index in [-0.39, 0.29) is 11.6 Å². The summed E-state index contributed by atoms with van der Waals surface area (Å²) in [6, 6.07) is 2.51. The quantitative estimate of drug-likeness (QED) is 0.698. The second kappa shape index (κ2) is 8.52. The molecule has 4 heteroatoms. The molecule has 0 heterocycles. The summed E-state index contributed by atoms with van der Waals surface area (Å²) in [5.74, 6) is 0.414. The molecule has 1 N–H and O–H groups in total. The summed E-state index contributed by atoms with van der Waals surface area (Å²) in [7, 11) is 0. The van der Waals surface area contributed by atoms with Crippen LogP contribution in [0.3, 0.4) is 0 Å². The third-order valence-electron chi connectivity index (χ3n) is 3.94. The molecule has 1 fully saturated rings. The summed E-state index contributed by atoms with van der Waals surface area (Å²) >= 11 is 0. The maximum atomic E-state index is 9.47. The number of ether oxygens (including phenoxy) is 2. The molecular formula is C15H28N2O2. The maximum absolute atomic E-state index is 9.47. The van der Waals surface area contributed by atoms with Gasteiger partial charge in [0.15, 0.2) is 0 Å². The van der Waals surface area contributed by atoms with E-state index in [0.717, 1.165) is 38.8 Å². The normalized spacial score (nSPS) is 28.2. The third kappa shape index (κ3) is 4.76. The molecule has 0 amide bonds. The van der Waals surface area contributed by atoms with E-state index >= 15 is 0 Å². The Balaban J connectivity index is 2.33. The summed E-state index contributed by atoms with van der Waals surface area (Å²) in [5.41, 5.74) is -0.318. The van der Waals surface area contributed by atoms with Crippen LogP contribution in [0.1, 0.15) is 46.5 Å². The highest BCUT2D eigenvalue weighted by molar-refractivity contribution is 5.13. The lowest BCUT2D eigenvalue weighted by atomic mass is 9.86. The second-order valence-corrected chi connectivity index (χ2v) is 5.33. The SMILES string of the molecule is CCNC1(C#N)CCCC1CCOC(C)COCC. The van der Waals surface area contributed by atoms with Crippen LogP contribution in [0.4, 0.5) is 0 Å². The molecule has 0 saturated heterocycles. The van der Waals surface area contributed by atoms with Gasteiger partial charge < -0.3 is 9.47 Å². The Morgan fingerprint density at radius 2 is 2.26 bits per heavy atom. The van der Waals surface area contributed by atoms with E-state index < -0.39 is 0 Å². The fourth-order valence-electron chi connectivity index (χ4n) is 2.95. The lowest BCUT2D eigenvalue weighted by Gasteiger charge is -2.29. The van der Waals surface area contributed by atoms with Gasteiger partial charge in [-0.2, -0.15) is 5.26 Å². The van der Waals surface area contributed by atoms with Gasteiger partial charge in [0.05, 0.1) is 18.8 Å². The first-order valence-electron chi connectivity index (χ1n) is 7.54. The van der Waals surface area contributed by atoms with Crippen molar-refractivity contribution in [1.29, 1.82) is 5.26 Å². The highest BCUT2D eigenvalue weighted by atomic mass is 16.5. The minimum Gasteiger partial charge on any atom is -0.379 e. The predicted octanol–water partition coefficient (Wildman–Crippen LogP) is 2.49. The third-order valence-corrected chi connectivity index (χ3v) is 3.94. The molecule has 0 aromatic heterocycles. The number of rotatable bonds is 9. The van der Waals surface area contributed by atoms with Crippen LogP contribution in [0.15, 0.2) is 0 Å². The van der Waals surface area contributed by atoms with E-state index in [1.165, 1.54) is 0 Å². The molecule has 0 bridgehead atoms. The summed E-state index contributed by atoms with van der Waals surface area (Å²) < 4.78 is 11.1. The second-order valence-electron chi connectivity index (χ2n) is 5.33. The Hall–Kier alpha value is -0.630. The van der Waals surface area contributed by atoms with Crippen LogP contribution in [0, 0.1) is 17.2 Å². The van der Waals surface area contributed by atoms with Gasteiger partial charge in [-0.05, 0) is 45.6 Å². The molecule has 0 aliphatic heterocycles. The molecule has 3 unspecified atom stereocenters. The summed E-state index contributed by atoms with van der Waals surface area (Å²) in [6.45, 7) is 9.04. The largest absolute Gasteiger partial charge is 0.379 e. The minimum atomic E-state index is -0.318. The van der Waals surface area contributed by atoms with E-state index in [1.807, 2.05) is 13.8 Å². The van der Waals surface area contributed by atoms with Gasteiger partial charge in [0.2, 0.25) is 0 Å². The molecule has 4 nitrogen and oxygen atoms in total. The number of nitrogens with one attached hydrogen (secondary N) is 1. The van der Waals surface area contributed by atoms with Crippen molar-refractivity contribution in [3.05, 3.63) is 0 Å². The first-order chi connectivity index (χ1) is 9.18. The first-order valence-corrected chi connectivity index (χ1v) is 7.54. The van der Waals surface area contributed by atoms with Crippen molar-refractivity contribution in [3.63, 3.8) is 0 Å². The van der Waals surface area contributed by atoms with Crippen LogP contribution in [0.5, 0.6) is 0 Å². The van der Waals surface area contributed by atoms with Crippen molar-refractivity contribution in [2.75, 3.05) is 26.4 Å². The zero-order valence-corrected chi connectivity index (χ0v) is 12.6. The molecule has 3 atom stereocenters. The predicted molar refractivity (Wildman–Crippen MR) is 75.9 cm³/mol. The van der Waals surface area contributed by atoms with Crippen molar-refractivity contribution in [1.82, 2.24) is 5.32 Å². The first kappa shape index (κ1) is 16.4. The summed E-state index contributed by atoms with van der Waals surface area (Å²) in [5, 5.41) is 12.9. The molecule has 1 aliphatic carbocycles. The zero-order chi connectivity index (χ0) is 14.1. The maximum Gasteiger partial charge on any atom is 0.109 e. The number of hydrogen-bond donors (Lipinski definition) is 1. The van der Waals surface area contributed by atoms with Crippen molar-refractivity contribution in [3.8, 4) is 6.07 Å². The Morgan fingerprint density at radius 1 is 1.47 bits per heavy atom. The molecule has 110 valence electrons. The molecule has 19 heavy (non-hydrogen) atoms. The van der Waals surface area contributed by atoms with Gasteiger partial charge in [-0.15, -0.1) is 0 Å². The molecule has 0 aromatic rings. The number of hydrogen-bond acceptors (Lipinski definition) is 4. The van der Waals surface area contributed by atoms with Crippen LogP contribution < -0.4 is 5.32 Å². The molecule has 0 spiro atoms. The van der Waals surface area contributed by atoms with Gasteiger partial charge in [-0.25, -0.2) is 0 Å². The average Bonchev–Trinajstić information content (AvgIpc) is 2.80. The Bertz CT molecular complexity index is 290. The highest BCUT2D eigenvalue weighted by Crippen LogP contribution is 2.37. The lowest BCUT2D eigenvalue weighted by Crippen LogP contribution is -2.47. The van der Waals surface area contributed by atoms with Crippen molar-refractivity contribution >= 4 is 0 Å². The van der Waals surface area contributed by atoms with Crippen molar-refractivity contribution in [2.45, 2.75) is 58.1 Å². The summed E-state index contributed by atoms with van der Waals surface area (Å²) in [4.78, 5) is 0. The van der Waals surface area contributed by atoms with Crippen molar-refractivity contribution in [2.24, 2.45) is 5.92 Å². The van der Waals surface area contributed by atoms with Crippen molar-refractivity contribution < 1.29 is 9.47 Å². The molecular weight excluding hydrogens is 240 g/mol. The van der Waals surface area contributed by atoms with Gasteiger partial charge in [0.1, 0.15) is 5.54 Å². The number of nitriles is 1. The highest BCUT2D eigenvalue weighted by Gasteiger charge is 2.42. The fraction of sp³-hybridized carbons (Fsp3) is 0.933. The van der Waals surface area contributed by atoms with Crippen LogP contribution in [-0.2, 0) is 9.47 Å². The topological polar surface area (TPSA) is 54.3 Å². The number of nitrogens with zero attached hydrogens (tertiary/aromatic N) is 1. The van der Waals surface area contributed by atoms with E-state index in [4.69, 9.17) is 9.47 Å². The minimum absolute atomic E-state index is 0.136. The van der Waals surface area contributed by atoms with Gasteiger partial charge in [-0.1, -0.05) is 13.3 Å². The molecule has 1 saturated carbocycles. The van der Waals surface area contributed by atoms with Gasteiger partial charge in [0, 0.05) is 13.2 Å². The molecule has 0 radical (unpaired) electrons. The van der Waals surface area contributed by atoms with Gasteiger partial charge in [0.25, 0.3) is 0 Å². The van der Waals surface area contributed by atoms with E-state index in [1.54, 1.807) is 0 Å². The standard InChI is InChI=1S/C15H28N2O2/c1-4-17-15(12-16)9-6-7-14(15)8-10-19-13(3)11-18-5-2/h13-14,17H,4-11H2,1-3H3. The van der Waals surface area contributed by atoms with Gasteiger partial charge >= 0.3 is 0 Å². The van der Waals surface area contributed by atoms with E-state index in [9.17, 15) is 5.26 Å². The zero-order valence-electron chi connectivity index (χ0n) is 12.6. The molecule has 1 aliphatic rings.